The molecule has 2 aromatic rings. The number of carbonyl (C=O) groups excluding carboxylic acids is 1. The molecule has 2 aromatic carbocycles. The summed E-state index contributed by atoms with van der Waals surface area (Å²) in [7, 11) is 0. The summed E-state index contributed by atoms with van der Waals surface area (Å²) in [6.45, 7) is 5.97. The van der Waals surface area contributed by atoms with E-state index in [1.54, 1.807) is 19.1 Å². The molecule has 0 N–H and O–H groups in total. The quantitative estimate of drug-likeness (QED) is 0.474. The zero-order valence-corrected chi connectivity index (χ0v) is 13.6. The Morgan fingerprint density at radius 3 is 1.83 bits per heavy atom. The lowest BCUT2D eigenvalue weighted by Crippen LogP contribution is -2.05. The van der Waals surface area contributed by atoms with Gasteiger partial charge in [-0.25, -0.2) is 4.79 Å². The lowest BCUT2D eigenvalue weighted by Gasteiger charge is -2.03. The van der Waals surface area contributed by atoms with Crippen LogP contribution in [-0.4, -0.2) is 24.0 Å². The number of carbonyl (C=O) groups is 1. The van der Waals surface area contributed by atoms with Crippen LogP contribution in [0.4, 0.5) is 0 Å². The molecule has 0 aliphatic carbocycles. The SMILES string of the molecule is CCOC(=O)c1ccc(/C(C)=N/N=C(\C)c2ccccc2)cc1. The summed E-state index contributed by atoms with van der Waals surface area (Å²) >= 11 is 0. The Kier molecular flexibility index (Phi) is 5.80. The number of nitrogens with zero attached hydrogens (tertiary/aromatic N) is 2. The minimum Gasteiger partial charge on any atom is -0.462 e. The van der Waals surface area contributed by atoms with Crippen molar-refractivity contribution in [3.05, 3.63) is 71.3 Å². The summed E-state index contributed by atoms with van der Waals surface area (Å²) in [5, 5.41) is 8.54. The van der Waals surface area contributed by atoms with Crippen LogP contribution in [0.1, 0.15) is 42.3 Å². The highest BCUT2D eigenvalue weighted by Gasteiger charge is 2.06. The van der Waals surface area contributed by atoms with E-state index in [2.05, 4.69) is 10.2 Å². The molecule has 0 aliphatic rings. The van der Waals surface area contributed by atoms with Crippen LogP contribution >= 0.6 is 0 Å². The Hall–Kier alpha value is -2.75. The molecule has 0 saturated heterocycles. The fourth-order valence-electron chi connectivity index (χ4n) is 2.01. The van der Waals surface area contributed by atoms with Gasteiger partial charge in [0.2, 0.25) is 0 Å². The molecule has 0 fully saturated rings. The molecule has 2 rings (SSSR count). The van der Waals surface area contributed by atoms with Crippen LogP contribution in [0.5, 0.6) is 0 Å². The summed E-state index contributed by atoms with van der Waals surface area (Å²) in [5.74, 6) is -0.313. The first-order valence-electron chi connectivity index (χ1n) is 7.53. The molecule has 0 radical (unpaired) electrons. The average molecular weight is 308 g/mol. The van der Waals surface area contributed by atoms with Gasteiger partial charge >= 0.3 is 5.97 Å². The molecule has 0 heterocycles. The monoisotopic (exact) mass is 308 g/mol. The molecule has 0 aliphatic heterocycles. The molecule has 4 heteroatoms. The molecular formula is C19H20N2O2. The van der Waals surface area contributed by atoms with E-state index in [1.807, 2.05) is 56.3 Å². The predicted molar refractivity (Wildman–Crippen MR) is 93.3 cm³/mol. The van der Waals surface area contributed by atoms with Crippen LogP contribution < -0.4 is 0 Å². The van der Waals surface area contributed by atoms with Gasteiger partial charge < -0.3 is 4.74 Å². The fraction of sp³-hybridized carbons (Fsp3) is 0.211. The molecule has 0 atom stereocenters. The van der Waals surface area contributed by atoms with Crippen LogP contribution in [-0.2, 0) is 4.74 Å². The first-order chi connectivity index (χ1) is 11.1. The average Bonchev–Trinajstić information content (AvgIpc) is 2.60. The summed E-state index contributed by atoms with van der Waals surface area (Å²) in [6.07, 6.45) is 0. The molecule has 0 amide bonds. The second kappa shape index (κ2) is 8.03. The van der Waals surface area contributed by atoms with Crippen LogP contribution in [0, 0.1) is 0 Å². The highest BCUT2D eigenvalue weighted by molar-refractivity contribution is 6.02. The standard InChI is InChI=1S/C19H20N2O2/c1-4-23-19(22)18-12-10-17(11-13-18)15(3)21-20-14(2)16-8-6-5-7-9-16/h5-13H,4H2,1-3H3/b20-14+,21-15+. The van der Waals surface area contributed by atoms with E-state index in [-0.39, 0.29) is 5.97 Å². The second-order valence-electron chi connectivity index (χ2n) is 5.03. The van der Waals surface area contributed by atoms with E-state index in [0.717, 1.165) is 22.6 Å². The molecule has 23 heavy (non-hydrogen) atoms. The third kappa shape index (κ3) is 4.61. The van der Waals surface area contributed by atoms with Gasteiger partial charge in [0.15, 0.2) is 0 Å². The largest absolute Gasteiger partial charge is 0.462 e. The predicted octanol–water partition coefficient (Wildman–Crippen LogP) is 4.10. The molecule has 0 spiro atoms. The van der Waals surface area contributed by atoms with Gasteiger partial charge in [0.1, 0.15) is 0 Å². The molecule has 118 valence electrons. The van der Waals surface area contributed by atoms with Crippen molar-refractivity contribution in [2.45, 2.75) is 20.8 Å². The summed E-state index contributed by atoms with van der Waals surface area (Å²) < 4.78 is 4.97. The Balaban J connectivity index is 2.13. The first kappa shape index (κ1) is 16.6. The molecule has 0 aromatic heterocycles. The van der Waals surface area contributed by atoms with Gasteiger partial charge in [0.05, 0.1) is 23.6 Å². The Morgan fingerprint density at radius 2 is 1.30 bits per heavy atom. The fourth-order valence-corrected chi connectivity index (χ4v) is 2.01. The maximum absolute atomic E-state index is 11.6. The van der Waals surface area contributed by atoms with Crippen molar-refractivity contribution in [3.63, 3.8) is 0 Å². The summed E-state index contributed by atoms with van der Waals surface area (Å²) in [4.78, 5) is 11.6. The lowest BCUT2D eigenvalue weighted by molar-refractivity contribution is 0.0526. The van der Waals surface area contributed by atoms with Gasteiger partial charge in [0, 0.05) is 0 Å². The zero-order valence-electron chi connectivity index (χ0n) is 13.6. The minimum atomic E-state index is -0.313. The van der Waals surface area contributed by atoms with Crippen molar-refractivity contribution in [1.82, 2.24) is 0 Å². The van der Waals surface area contributed by atoms with Crippen LogP contribution in [0.25, 0.3) is 0 Å². The molecule has 0 unspecified atom stereocenters. The Labute approximate surface area is 136 Å². The van der Waals surface area contributed by atoms with Gasteiger partial charge in [-0.3, -0.25) is 0 Å². The lowest BCUT2D eigenvalue weighted by atomic mass is 10.1. The number of benzene rings is 2. The number of ether oxygens (including phenoxy) is 1. The van der Waals surface area contributed by atoms with Crippen LogP contribution in [0.2, 0.25) is 0 Å². The Morgan fingerprint density at radius 1 is 0.826 bits per heavy atom. The second-order valence-corrected chi connectivity index (χ2v) is 5.03. The molecule has 4 nitrogen and oxygen atoms in total. The van der Waals surface area contributed by atoms with E-state index in [1.165, 1.54) is 0 Å². The van der Waals surface area contributed by atoms with E-state index in [9.17, 15) is 4.79 Å². The van der Waals surface area contributed by atoms with Crippen molar-refractivity contribution >= 4 is 17.4 Å². The van der Waals surface area contributed by atoms with Crippen LogP contribution in [0.3, 0.4) is 0 Å². The van der Waals surface area contributed by atoms with E-state index >= 15 is 0 Å². The summed E-state index contributed by atoms with van der Waals surface area (Å²) in [6, 6.07) is 17.1. The smallest absolute Gasteiger partial charge is 0.338 e. The maximum atomic E-state index is 11.6. The van der Waals surface area contributed by atoms with Crippen LogP contribution in [0.15, 0.2) is 64.8 Å². The highest BCUT2D eigenvalue weighted by atomic mass is 16.5. The summed E-state index contributed by atoms with van der Waals surface area (Å²) in [5.41, 5.74) is 4.14. The van der Waals surface area contributed by atoms with E-state index < -0.39 is 0 Å². The van der Waals surface area contributed by atoms with Crippen molar-refractivity contribution in [2.75, 3.05) is 6.61 Å². The number of hydrogen-bond acceptors (Lipinski definition) is 4. The van der Waals surface area contributed by atoms with E-state index in [0.29, 0.717) is 12.2 Å². The van der Waals surface area contributed by atoms with Crippen molar-refractivity contribution < 1.29 is 9.53 Å². The van der Waals surface area contributed by atoms with Gasteiger partial charge in [-0.05, 0) is 44.0 Å². The van der Waals surface area contributed by atoms with E-state index in [4.69, 9.17) is 4.74 Å². The maximum Gasteiger partial charge on any atom is 0.338 e. The van der Waals surface area contributed by atoms with Gasteiger partial charge in [-0.2, -0.15) is 10.2 Å². The Bertz CT molecular complexity index is 717. The highest BCUT2D eigenvalue weighted by Crippen LogP contribution is 2.08. The van der Waals surface area contributed by atoms with Gasteiger partial charge in [-0.1, -0.05) is 42.5 Å². The molecule has 0 bridgehead atoms. The first-order valence-corrected chi connectivity index (χ1v) is 7.53. The number of rotatable bonds is 5. The van der Waals surface area contributed by atoms with Gasteiger partial charge in [0.25, 0.3) is 0 Å². The third-order valence-electron chi connectivity index (χ3n) is 3.36. The molecular weight excluding hydrogens is 288 g/mol. The topological polar surface area (TPSA) is 51.0 Å². The van der Waals surface area contributed by atoms with Crippen molar-refractivity contribution in [1.29, 1.82) is 0 Å². The van der Waals surface area contributed by atoms with Crippen molar-refractivity contribution in [3.8, 4) is 0 Å². The minimum absolute atomic E-state index is 0.313. The number of esters is 1. The normalized spacial score (nSPS) is 12.1. The third-order valence-corrected chi connectivity index (χ3v) is 3.36. The van der Waals surface area contributed by atoms with Gasteiger partial charge in [-0.15, -0.1) is 0 Å². The van der Waals surface area contributed by atoms with Crippen molar-refractivity contribution in [2.24, 2.45) is 10.2 Å². The number of hydrogen-bond donors (Lipinski definition) is 0. The molecule has 0 saturated carbocycles. The zero-order chi connectivity index (χ0) is 16.7.